The van der Waals surface area contributed by atoms with Crippen molar-refractivity contribution >= 4 is 0 Å². The van der Waals surface area contributed by atoms with Gasteiger partial charge in [0.05, 0.1) is 0 Å². The number of phenolic OH excluding ortho intramolecular Hbond substituents is 1. The molecule has 0 aliphatic heterocycles. The number of phenols is 1. The first-order chi connectivity index (χ1) is 6.38. The van der Waals surface area contributed by atoms with Crippen molar-refractivity contribution in [3.63, 3.8) is 0 Å². The molecule has 2 rings (SSSR count). The van der Waals surface area contributed by atoms with Crippen LogP contribution in [0.1, 0.15) is 43.6 Å². The molecule has 1 aliphatic rings. The zero-order valence-corrected chi connectivity index (χ0v) is 8.58. The molecule has 0 aromatic heterocycles. The molecule has 4 N–H and O–H groups in total. The predicted octanol–water partition coefficient (Wildman–Crippen LogP) is 3.60. The highest BCUT2D eigenvalue weighted by atomic mass is 16.3. The molecule has 0 radical (unpaired) electrons. The van der Waals surface area contributed by atoms with Gasteiger partial charge in [-0.1, -0.05) is 37.5 Å². The van der Waals surface area contributed by atoms with Gasteiger partial charge in [-0.05, 0) is 30.4 Å². The Balaban J connectivity index is 0.000000980. The Hall–Kier alpha value is -1.02. The first-order valence-electron chi connectivity index (χ1n) is 5.16. The maximum atomic E-state index is 9.66. The molecule has 0 bridgehead atoms. The Kier molecular flexibility index (Phi) is 3.96. The SMILES string of the molecule is N.Oc1ccccc1C1CCCCC1. The summed E-state index contributed by atoms with van der Waals surface area (Å²) in [5, 5.41) is 9.66. The van der Waals surface area contributed by atoms with E-state index in [1.165, 1.54) is 32.1 Å². The summed E-state index contributed by atoms with van der Waals surface area (Å²) in [4.78, 5) is 0. The topological polar surface area (TPSA) is 55.2 Å². The monoisotopic (exact) mass is 193 g/mol. The van der Waals surface area contributed by atoms with Crippen molar-refractivity contribution in [1.29, 1.82) is 0 Å². The standard InChI is InChI=1S/C12H16O.H3N/c13-12-9-5-4-8-11(12)10-6-2-1-3-7-10;/h4-5,8-10,13H,1-3,6-7H2;1H3. The number of rotatable bonds is 1. The third-order valence-corrected chi connectivity index (χ3v) is 2.98. The molecule has 2 heteroatoms. The van der Waals surface area contributed by atoms with E-state index in [1.54, 1.807) is 6.07 Å². The summed E-state index contributed by atoms with van der Waals surface area (Å²) in [7, 11) is 0. The molecular formula is C12H19NO. The van der Waals surface area contributed by atoms with Crippen molar-refractivity contribution in [3.8, 4) is 5.75 Å². The molecule has 14 heavy (non-hydrogen) atoms. The van der Waals surface area contributed by atoms with Crippen molar-refractivity contribution in [1.82, 2.24) is 6.15 Å². The lowest BCUT2D eigenvalue weighted by atomic mass is 9.84. The van der Waals surface area contributed by atoms with Gasteiger partial charge in [-0.15, -0.1) is 0 Å². The summed E-state index contributed by atoms with van der Waals surface area (Å²) in [5.74, 6) is 1.09. The first-order valence-corrected chi connectivity index (χ1v) is 5.16. The Morgan fingerprint density at radius 3 is 2.29 bits per heavy atom. The van der Waals surface area contributed by atoms with Gasteiger partial charge in [0.25, 0.3) is 0 Å². The third kappa shape index (κ3) is 2.26. The molecule has 0 saturated heterocycles. The Morgan fingerprint density at radius 1 is 1.00 bits per heavy atom. The van der Waals surface area contributed by atoms with Crippen LogP contribution < -0.4 is 6.15 Å². The van der Waals surface area contributed by atoms with E-state index >= 15 is 0 Å². The van der Waals surface area contributed by atoms with Crippen molar-refractivity contribution < 1.29 is 5.11 Å². The van der Waals surface area contributed by atoms with Crippen molar-refractivity contribution in [2.45, 2.75) is 38.0 Å². The smallest absolute Gasteiger partial charge is 0.119 e. The predicted molar refractivity (Wildman–Crippen MR) is 59.0 cm³/mol. The van der Waals surface area contributed by atoms with E-state index in [0.29, 0.717) is 11.7 Å². The fourth-order valence-corrected chi connectivity index (χ4v) is 2.25. The van der Waals surface area contributed by atoms with Gasteiger partial charge >= 0.3 is 0 Å². The molecule has 1 aliphatic carbocycles. The minimum absolute atomic E-state index is 0. The summed E-state index contributed by atoms with van der Waals surface area (Å²) in [6.45, 7) is 0. The molecule has 1 aromatic rings. The van der Waals surface area contributed by atoms with Gasteiger partial charge in [-0.2, -0.15) is 0 Å². The van der Waals surface area contributed by atoms with Crippen LogP contribution in [0, 0.1) is 0 Å². The van der Waals surface area contributed by atoms with E-state index < -0.39 is 0 Å². The molecule has 1 aromatic carbocycles. The number of benzene rings is 1. The molecule has 1 fully saturated rings. The Labute approximate surface area is 85.5 Å². The number of para-hydroxylation sites is 1. The number of hydrogen-bond acceptors (Lipinski definition) is 2. The molecule has 1 saturated carbocycles. The number of hydrogen-bond donors (Lipinski definition) is 2. The second-order valence-corrected chi connectivity index (χ2v) is 3.89. The van der Waals surface area contributed by atoms with Gasteiger partial charge in [0, 0.05) is 0 Å². The van der Waals surface area contributed by atoms with Crippen LogP contribution in [0.3, 0.4) is 0 Å². The van der Waals surface area contributed by atoms with Gasteiger partial charge in [0.1, 0.15) is 5.75 Å². The van der Waals surface area contributed by atoms with Crippen molar-refractivity contribution in [2.75, 3.05) is 0 Å². The van der Waals surface area contributed by atoms with Crippen molar-refractivity contribution in [3.05, 3.63) is 29.8 Å². The van der Waals surface area contributed by atoms with Gasteiger partial charge in [-0.3, -0.25) is 0 Å². The fraction of sp³-hybridized carbons (Fsp3) is 0.500. The second-order valence-electron chi connectivity index (χ2n) is 3.89. The van der Waals surface area contributed by atoms with E-state index in [2.05, 4.69) is 6.07 Å². The third-order valence-electron chi connectivity index (χ3n) is 2.98. The van der Waals surface area contributed by atoms with Crippen LogP contribution >= 0.6 is 0 Å². The van der Waals surface area contributed by atoms with Crippen LogP contribution in [0.15, 0.2) is 24.3 Å². The minimum Gasteiger partial charge on any atom is -0.508 e. The van der Waals surface area contributed by atoms with Gasteiger partial charge < -0.3 is 11.3 Å². The van der Waals surface area contributed by atoms with Crippen molar-refractivity contribution in [2.24, 2.45) is 0 Å². The lowest BCUT2D eigenvalue weighted by Gasteiger charge is -2.22. The molecule has 0 unspecified atom stereocenters. The molecule has 0 atom stereocenters. The molecule has 0 spiro atoms. The van der Waals surface area contributed by atoms with E-state index in [1.807, 2.05) is 12.1 Å². The highest BCUT2D eigenvalue weighted by Crippen LogP contribution is 2.36. The Bertz CT molecular complexity index is 279. The van der Waals surface area contributed by atoms with Crippen LogP contribution in [0.4, 0.5) is 0 Å². The second kappa shape index (κ2) is 5.01. The van der Waals surface area contributed by atoms with Gasteiger partial charge in [-0.25, -0.2) is 0 Å². The first kappa shape index (κ1) is 11.1. The van der Waals surface area contributed by atoms with Crippen LogP contribution in [0.5, 0.6) is 5.75 Å². The van der Waals surface area contributed by atoms with E-state index in [9.17, 15) is 5.11 Å². The molecular weight excluding hydrogens is 174 g/mol. The summed E-state index contributed by atoms with van der Waals surface area (Å²) >= 11 is 0. The fourth-order valence-electron chi connectivity index (χ4n) is 2.25. The van der Waals surface area contributed by atoms with Crippen LogP contribution in [0.25, 0.3) is 0 Å². The zero-order valence-electron chi connectivity index (χ0n) is 8.58. The van der Waals surface area contributed by atoms with Crippen LogP contribution in [0.2, 0.25) is 0 Å². The van der Waals surface area contributed by atoms with E-state index in [0.717, 1.165) is 5.56 Å². The summed E-state index contributed by atoms with van der Waals surface area (Å²) in [6, 6.07) is 7.76. The Morgan fingerprint density at radius 2 is 1.64 bits per heavy atom. The van der Waals surface area contributed by atoms with E-state index in [-0.39, 0.29) is 6.15 Å². The van der Waals surface area contributed by atoms with Gasteiger partial charge in [0.15, 0.2) is 0 Å². The summed E-state index contributed by atoms with van der Waals surface area (Å²) in [6.07, 6.45) is 6.50. The van der Waals surface area contributed by atoms with Crippen LogP contribution in [-0.4, -0.2) is 5.11 Å². The highest BCUT2D eigenvalue weighted by Gasteiger charge is 2.17. The lowest BCUT2D eigenvalue weighted by molar-refractivity contribution is 0.414. The molecule has 78 valence electrons. The van der Waals surface area contributed by atoms with Gasteiger partial charge in [0.2, 0.25) is 0 Å². The quantitative estimate of drug-likeness (QED) is 0.716. The summed E-state index contributed by atoms with van der Waals surface area (Å²) < 4.78 is 0. The average Bonchev–Trinajstić information content (AvgIpc) is 2.20. The maximum absolute atomic E-state index is 9.66. The number of aromatic hydroxyl groups is 1. The maximum Gasteiger partial charge on any atom is 0.119 e. The summed E-state index contributed by atoms with van der Waals surface area (Å²) in [5.41, 5.74) is 1.15. The van der Waals surface area contributed by atoms with Crippen LogP contribution in [-0.2, 0) is 0 Å². The molecule has 2 nitrogen and oxygen atoms in total. The highest BCUT2D eigenvalue weighted by molar-refractivity contribution is 5.34. The average molecular weight is 193 g/mol. The minimum atomic E-state index is 0. The normalized spacial score (nSPS) is 17.4. The van der Waals surface area contributed by atoms with E-state index in [4.69, 9.17) is 0 Å². The lowest BCUT2D eigenvalue weighted by Crippen LogP contribution is -2.04. The largest absolute Gasteiger partial charge is 0.508 e. The zero-order chi connectivity index (χ0) is 9.10. The molecule has 0 amide bonds. The molecule has 0 heterocycles.